The molecule has 2 saturated carbocycles. The molecular formula is C14H15Cl3. The molecule has 0 radical (unpaired) electrons. The van der Waals surface area contributed by atoms with Gasteiger partial charge in [0, 0.05) is 10.0 Å². The van der Waals surface area contributed by atoms with Crippen LogP contribution < -0.4 is 0 Å². The van der Waals surface area contributed by atoms with Crippen LogP contribution in [-0.2, 0) is 0 Å². The van der Waals surface area contributed by atoms with Crippen LogP contribution in [0.5, 0.6) is 0 Å². The number of hydrogen-bond acceptors (Lipinski definition) is 0. The van der Waals surface area contributed by atoms with Crippen LogP contribution in [0.15, 0.2) is 18.2 Å². The minimum Gasteiger partial charge on any atom is -0.117 e. The first kappa shape index (κ1) is 12.1. The van der Waals surface area contributed by atoms with Crippen molar-refractivity contribution in [3.8, 4) is 0 Å². The monoisotopic (exact) mass is 288 g/mol. The fourth-order valence-corrected chi connectivity index (χ4v) is 4.69. The maximum Gasteiger partial charge on any atom is 0.0630 e. The zero-order valence-corrected chi connectivity index (χ0v) is 11.8. The lowest BCUT2D eigenvalue weighted by molar-refractivity contribution is 0.323. The quantitative estimate of drug-likeness (QED) is 0.612. The van der Waals surface area contributed by atoms with E-state index in [1.54, 1.807) is 6.07 Å². The van der Waals surface area contributed by atoms with Crippen LogP contribution in [0.1, 0.15) is 36.6 Å². The van der Waals surface area contributed by atoms with Gasteiger partial charge < -0.3 is 0 Å². The lowest BCUT2D eigenvalue weighted by atomic mass is 9.84. The van der Waals surface area contributed by atoms with E-state index < -0.39 is 0 Å². The first-order valence-corrected chi connectivity index (χ1v) is 7.43. The molecule has 0 aliphatic heterocycles. The summed E-state index contributed by atoms with van der Waals surface area (Å²) in [4.78, 5) is 0. The molecule has 4 unspecified atom stereocenters. The van der Waals surface area contributed by atoms with Gasteiger partial charge in [0.1, 0.15) is 0 Å². The first-order valence-electron chi connectivity index (χ1n) is 6.24. The molecule has 92 valence electrons. The number of benzene rings is 1. The van der Waals surface area contributed by atoms with E-state index in [9.17, 15) is 0 Å². The maximum atomic E-state index is 6.64. The van der Waals surface area contributed by atoms with Gasteiger partial charge in [-0.3, -0.25) is 0 Å². The van der Waals surface area contributed by atoms with Gasteiger partial charge >= 0.3 is 0 Å². The van der Waals surface area contributed by atoms with E-state index in [0.29, 0.717) is 16.0 Å². The predicted octanol–water partition coefficient (Wildman–Crippen LogP) is 5.71. The molecular weight excluding hydrogens is 275 g/mol. The second kappa shape index (κ2) is 4.64. The van der Waals surface area contributed by atoms with Crippen LogP contribution in [0.25, 0.3) is 0 Å². The van der Waals surface area contributed by atoms with E-state index in [-0.39, 0.29) is 5.38 Å². The number of halogens is 3. The fourth-order valence-electron chi connectivity index (χ4n) is 3.61. The summed E-state index contributed by atoms with van der Waals surface area (Å²) in [6.07, 6.45) is 5.40. The summed E-state index contributed by atoms with van der Waals surface area (Å²) in [6, 6.07) is 5.65. The first-order chi connectivity index (χ1) is 8.15. The summed E-state index contributed by atoms with van der Waals surface area (Å²) in [5, 5.41) is 1.44. The van der Waals surface area contributed by atoms with E-state index in [0.717, 1.165) is 17.4 Å². The summed E-state index contributed by atoms with van der Waals surface area (Å²) in [7, 11) is 0. The molecule has 0 spiro atoms. The Morgan fingerprint density at radius 2 is 1.94 bits per heavy atom. The summed E-state index contributed by atoms with van der Waals surface area (Å²) < 4.78 is 0. The minimum absolute atomic E-state index is 0.0510. The third kappa shape index (κ3) is 2.20. The molecule has 2 bridgehead atoms. The molecule has 2 fully saturated rings. The topological polar surface area (TPSA) is 0 Å². The van der Waals surface area contributed by atoms with Crippen LogP contribution in [0, 0.1) is 17.8 Å². The summed E-state index contributed by atoms with van der Waals surface area (Å²) in [5.74, 6) is 2.33. The standard InChI is InChI=1S/C14H15Cl3/c15-10-3-4-11(13(16)7-10)14(17)12-6-8-1-2-9(12)5-8/h3-4,7-9,12,14H,1-2,5-6H2. The van der Waals surface area contributed by atoms with E-state index >= 15 is 0 Å². The normalized spacial score (nSPS) is 33.0. The molecule has 1 aromatic rings. The van der Waals surface area contributed by atoms with Crippen molar-refractivity contribution in [3.05, 3.63) is 33.8 Å². The van der Waals surface area contributed by atoms with Crippen LogP contribution in [-0.4, -0.2) is 0 Å². The lowest BCUT2D eigenvalue weighted by Gasteiger charge is -2.27. The van der Waals surface area contributed by atoms with Gasteiger partial charge in [0.05, 0.1) is 5.38 Å². The van der Waals surface area contributed by atoms with Gasteiger partial charge in [0.25, 0.3) is 0 Å². The molecule has 3 rings (SSSR count). The van der Waals surface area contributed by atoms with Crippen LogP contribution >= 0.6 is 34.8 Å². The van der Waals surface area contributed by atoms with Crippen LogP contribution in [0.2, 0.25) is 10.0 Å². The molecule has 0 saturated heterocycles. The van der Waals surface area contributed by atoms with E-state index in [4.69, 9.17) is 34.8 Å². The SMILES string of the molecule is Clc1ccc(C(Cl)C2CC3CCC2C3)c(Cl)c1. The Bertz CT molecular complexity index is 429. The number of fused-ring (bicyclic) bond motifs is 2. The molecule has 0 aromatic heterocycles. The van der Waals surface area contributed by atoms with E-state index in [1.807, 2.05) is 12.1 Å². The van der Waals surface area contributed by atoms with Crippen molar-refractivity contribution in [1.82, 2.24) is 0 Å². The zero-order chi connectivity index (χ0) is 12.0. The molecule has 4 atom stereocenters. The number of rotatable bonds is 2. The Balaban J connectivity index is 1.84. The summed E-state index contributed by atoms with van der Waals surface area (Å²) >= 11 is 18.8. The highest BCUT2D eigenvalue weighted by molar-refractivity contribution is 6.35. The lowest BCUT2D eigenvalue weighted by Crippen LogP contribution is -2.16. The van der Waals surface area contributed by atoms with Gasteiger partial charge in [-0.2, -0.15) is 0 Å². The van der Waals surface area contributed by atoms with Gasteiger partial charge in [-0.1, -0.05) is 35.7 Å². The molecule has 2 aliphatic rings. The third-order valence-electron chi connectivity index (χ3n) is 4.43. The summed E-state index contributed by atoms with van der Waals surface area (Å²) in [5.41, 5.74) is 1.05. The Labute approximate surface area is 117 Å². The predicted molar refractivity (Wildman–Crippen MR) is 74.0 cm³/mol. The second-order valence-electron chi connectivity index (χ2n) is 5.41. The largest absolute Gasteiger partial charge is 0.117 e. The molecule has 0 heterocycles. The Hall–Kier alpha value is 0.0900. The van der Waals surface area contributed by atoms with Gasteiger partial charge in [-0.15, -0.1) is 11.6 Å². The van der Waals surface area contributed by atoms with Crippen molar-refractivity contribution in [2.75, 3.05) is 0 Å². The average molecular weight is 290 g/mol. The van der Waals surface area contributed by atoms with Crippen LogP contribution in [0.3, 0.4) is 0 Å². The molecule has 3 heteroatoms. The molecule has 0 amide bonds. The van der Waals surface area contributed by atoms with E-state index in [2.05, 4.69) is 0 Å². The Morgan fingerprint density at radius 1 is 1.12 bits per heavy atom. The van der Waals surface area contributed by atoms with Gasteiger partial charge in [-0.25, -0.2) is 0 Å². The zero-order valence-electron chi connectivity index (χ0n) is 9.50. The molecule has 17 heavy (non-hydrogen) atoms. The molecule has 2 aliphatic carbocycles. The highest BCUT2D eigenvalue weighted by atomic mass is 35.5. The number of hydrogen-bond donors (Lipinski definition) is 0. The van der Waals surface area contributed by atoms with Crippen molar-refractivity contribution >= 4 is 34.8 Å². The van der Waals surface area contributed by atoms with Crippen molar-refractivity contribution in [2.24, 2.45) is 17.8 Å². The number of alkyl halides is 1. The highest BCUT2D eigenvalue weighted by Crippen LogP contribution is 2.55. The van der Waals surface area contributed by atoms with Crippen LogP contribution in [0.4, 0.5) is 0 Å². The minimum atomic E-state index is 0.0510. The maximum absolute atomic E-state index is 6.64. The molecule has 0 N–H and O–H groups in total. The Kier molecular flexibility index (Phi) is 3.32. The second-order valence-corrected chi connectivity index (χ2v) is 6.72. The van der Waals surface area contributed by atoms with Crippen molar-refractivity contribution in [1.29, 1.82) is 0 Å². The fraction of sp³-hybridized carbons (Fsp3) is 0.571. The average Bonchev–Trinajstić information content (AvgIpc) is 2.89. The van der Waals surface area contributed by atoms with Gasteiger partial charge in [-0.05, 0) is 54.7 Å². The van der Waals surface area contributed by atoms with Gasteiger partial charge in [0.2, 0.25) is 0 Å². The Morgan fingerprint density at radius 3 is 2.53 bits per heavy atom. The van der Waals surface area contributed by atoms with Crippen molar-refractivity contribution < 1.29 is 0 Å². The van der Waals surface area contributed by atoms with Gasteiger partial charge in [0.15, 0.2) is 0 Å². The van der Waals surface area contributed by atoms with Crippen molar-refractivity contribution in [3.63, 3.8) is 0 Å². The van der Waals surface area contributed by atoms with E-state index in [1.165, 1.54) is 25.7 Å². The molecule has 1 aromatic carbocycles. The highest BCUT2D eigenvalue weighted by Gasteiger charge is 2.43. The van der Waals surface area contributed by atoms with Crippen molar-refractivity contribution in [2.45, 2.75) is 31.1 Å². The summed E-state index contributed by atoms with van der Waals surface area (Å²) in [6.45, 7) is 0. The molecule has 0 nitrogen and oxygen atoms in total. The smallest absolute Gasteiger partial charge is 0.0630 e. The third-order valence-corrected chi connectivity index (χ3v) is 5.55.